The Bertz CT molecular complexity index is 1570. The van der Waals surface area contributed by atoms with E-state index < -0.39 is 43.9 Å². The second-order valence-corrected chi connectivity index (χ2v) is 13.3. The van der Waals surface area contributed by atoms with Crippen LogP contribution in [0, 0.1) is 5.92 Å². The van der Waals surface area contributed by atoms with Crippen molar-refractivity contribution in [2.75, 3.05) is 25.6 Å². The zero-order chi connectivity index (χ0) is 31.1. The Labute approximate surface area is 258 Å². The third kappa shape index (κ3) is 6.17. The van der Waals surface area contributed by atoms with Gasteiger partial charge in [-0.3, -0.25) is 22.9 Å². The monoisotopic (exact) mass is 651 g/mol. The SMILES string of the molecule is CCOc1nc(N)nc2c1ncn2[C@@H]1O[C@H](CO[P@@]2(=O)OCC[C@@H](c3cccc(Cl)c3)O2)[C@@H](OC(=O)C2CCCC2)[C@@]1(C)O. The van der Waals surface area contributed by atoms with E-state index in [1.165, 1.54) is 17.8 Å². The Morgan fingerprint density at radius 2 is 2.07 bits per heavy atom. The summed E-state index contributed by atoms with van der Waals surface area (Å²) < 4.78 is 49.9. The van der Waals surface area contributed by atoms with Gasteiger partial charge in [0.05, 0.1) is 38.2 Å². The van der Waals surface area contributed by atoms with E-state index >= 15 is 0 Å². The number of nitrogens with zero attached hydrogens (tertiary/aromatic N) is 4. The number of hydrogen-bond donors (Lipinski definition) is 2. The molecule has 238 valence electrons. The fourth-order valence-corrected chi connectivity index (χ4v) is 7.53. The Hall–Kier alpha value is -2.84. The molecule has 6 atom stereocenters. The van der Waals surface area contributed by atoms with E-state index in [1.54, 1.807) is 25.1 Å². The number of anilines is 1. The van der Waals surface area contributed by atoms with Crippen LogP contribution in [0.5, 0.6) is 5.88 Å². The molecular formula is C28H35ClN5O9P. The van der Waals surface area contributed by atoms with Crippen molar-refractivity contribution in [3.63, 3.8) is 0 Å². The number of fused-ring (bicyclic) bond motifs is 1. The zero-order valence-corrected chi connectivity index (χ0v) is 26.0. The van der Waals surface area contributed by atoms with Crippen LogP contribution in [-0.4, -0.2) is 68.2 Å². The third-order valence-corrected chi connectivity index (χ3v) is 9.80. The van der Waals surface area contributed by atoms with Gasteiger partial charge in [0.15, 0.2) is 23.5 Å². The molecule has 3 N–H and O–H groups in total. The highest BCUT2D eigenvalue weighted by atomic mass is 35.5. The summed E-state index contributed by atoms with van der Waals surface area (Å²) in [5.41, 5.74) is 5.41. The maximum Gasteiger partial charge on any atom is 0.475 e. The Morgan fingerprint density at radius 3 is 2.82 bits per heavy atom. The average molecular weight is 652 g/mol. The van der Waals surface area contributed by atoms with E-state index in [0.717, 1.165) is 18.4 Å². The Morgan fingerprint density at radius 1 is 1.27 bits per heavy atom. The number of halogens is 1. The third-order valence-electron chi connectivity index (χ3n) is 8.09. The maximum atomic E-state index is 13.6. The summed E-state index contributed by atoms with van der Waals surface area (Å²) in [6.45, 7) is 3.32. The van der Waals surface area contributed by atoms with Crippen LogP contribution in [0.3, 0.4) is 0 Å². The van der Waals surface area contributed by atoms with Crippen molar-refractivity contribution in [3.8, 4) is 5.88 Å². The first-order valence-corrected chi connectivity index (χ1v) is 16.5. The molecule has 1 aliphatic carbocycles. The lowest BCUT2D eigenvalue weighted by molar-refractivity contribution is -0.168. The molecule has 0 amide bonds. The number of nitrogen functional groups attached to an aromatic ring is 1. The van der Waals surface area contributed by atoms with Gasteiger partial charge in [0.25, 0.3) is 0 Å². The molecule has 4 heterocycles. The van der Waals surface area contributed by atoms with Gasteiger partial charge in [-0.25, -0.2) is 9.55 Å². The van der Waals surface area contributed by atoms with E-state index in [0.29, 0.717) is 36.4 Å². The molecule has 3 aromatic rings. The summed E-state index contributed by atoms with van der Waals surface area (Å²) in [6.07, 6.45) is 1.04. The van der Waals surface area contributed by atoms with Gasteiger partial charge in [0.1, 0.15) is 11.7 Å². The number of phosphoric ester groups is 1. The van der Waals surface area contributed by atoms with Gasteiger partial charge in [-0.2, -0.15) is 9.97 Å². The quantitative estimate of drug-likeness (QED) is 0.244. The summed E-state index contributed by atoms with van der Waals surface area (Å²) in [6, 6.07) is 7.05. The molecule has 2 saturated heterocycles. The van der Waals surface area contributed by atoms with Crippen LogP contribution in [-0.2, 0) is 32.4 Å². The van der Waals surface area contributed by atoms with Gasteiger partial charge >= 0.3 is 13.8 Å². The molecule has 44 heavy (non-hydrogen) atoms. The zero-order valence-electron chi connectivity index (χ0n) is 24.3. The predicted octanol–water partition coefficient (Wildman–Crippen LogP) is 4.51. The molecule has 3 aliphatic rings. The average Bonchev–Trinajstić information content (AvgIpc) is 3.72. The van der Waals surface area contributed by atoms with Crippen LogP contribution in [0.1, 0.15) is 63.8 Å². The fourth-order valence-electron chi connectivity index (χ4n) is 5.94. The van der Waals surface area contributed by atoms with Crippen molar-refractivity contribution in [3.05, 3.63) is 41.2 Å². The van der Waals surface area contributed by atoms with Crippen LogP contribution < -0.4 is 10.5 Å². The number of nitrogens with two attached hydrogens (primary N) is 1. The van der Waals surface area contributed by atoms with Crippen molar-refractivity contribution < 1.29 is 42.2 Å². The molecule has 16 heteroatoms. The van der Waals surface area contributed by atoms with Crippen LogP contribution in [0.2, 0.25) is 5.02 Å². The summed E-state index contributed by atoms with van der Waals surface area (Å²) in [5, 5.41) is 12.4. The fraction of sp³-hybridized carbons (Fsp3) is 0.571. The number of ether oxygens (including phenoxy) is 3. The summed E-state index contributed by atoms with van der Waals surface area (Å²) >= 11 is 6.14. The van der Waals surface area contributed by atoms with Gasteiger partial charge < -0.3 is 25.1 Å². The van der Waals surface area contributed by atoms with Crippen molar-refractivity contribution in [2.24, 2.45) is 5.92 Å². The number of esters is 1. The lowest BCUT2D eigenvalue weighted by Crippen LogP contribution is -2.47. The molecule has 1 aromatic carbocycles. The van der Waals surface area contributed by atoms with Gasteiger partial charge in [-0.15, -0.1) is 0 Å². The summed E-state index contributed by atoms with van der Waals surface area (Å²) in [4.78, 5) is 26.0. The first-order valence-electron chi connectivity index (χ1n) is 14.6. The first kappa shape index (κ1) is 31.2. The molecule has 1 saturated carbocycles. The molecule has 3 fully saturated rings. The van der Waals surface area contributed by atoms with Crippen molar-refractivity contribution in [2.45, 2.75) is 76.1 Å². The molecule has 6 rings (SSSR count). The number of aromatic nitrogens is 4. The molecule has 0 bridgehead atoms. The van der Waals surface area contributed by atoms with Gasteiger partial charge in [0, 0.05) is 11.4 Å². The second-order valence-electron chi connectivity index (χ2n) is 11.2. The largest absolute Gasteiger partial charge is 0.476 e. The number of rotatable bonds is 9. The molecule has 2 aromatic heterocycles. The van der Waals surface area contributed by atoms with Crippen LogP contribution in [0.15, 0.2) is 30.6 Å². The van der Waals surface area contributed by atoms with Crippen molar-refractivity contribution in [1.82, 2.24) is 19.5 Å². The van der Waals surface area contributed by atoms with Crippen molar-refractivity contribution in [1.29, 1.82) is 0 Å². The molecule has 0 radical (unpaired) electrons. The minimum absolute atomic E-state index is 0.0663. The minimum Gasteiger partial charge on any atom is -0.476 e. The minimum atomic E-state index is -4.08. The summed E-state index contributed by atoms with van der Waals surface area (Å²) in [7, 11) is -4.08. The standard InChI is InChI=1S/C28H35ClN5O9P/c1-3-38-24-21-23(32-27(30)33-24)34(15-31-21)26-28(2,36)22(42-25(35)16-7-4-5-8-16)20(41-26)14-40-44(37)39-12-11-19(43-44)17-9-6-10-18(29)13-17/h6,9-10,13,15-16,19-20,22,26,36H,3-5,7-8,11-12,14H2,1-2H3,(H2,30,32,33)/t19-,20+,22+,26+,28+,44+/m0/s1. The van der Waals surface area contributed by atoms with E-state index in [1.807, 2.05) is 6.07 Å². The number of aliphatic hydroxyl groups is 1. The number of benzene rings is 1. The summed E-state index contributed by atoms with van der Waals surface area (Å²) in [5.74, 6) is -0.623. The van der Waals surface area contributed by atoms with Gasteiger partial charge in [0.2, 0.25) is 11.8 Å². The van der Waals surface area contributed by atoms with E-state index in [-0.39, 0.29) is 36.6 Å². The Kier molecular flexibility index (Phi) is 8.86. The topological polar surface area (TPSA) is 179 Å². The number of phosphoric acid groups is 1. The molecule has 0 spiro atoms. The van der Waals surface area contributed by atoms with Gasteiger partial charge in [-0.05, 0) is 44.4 Å². The van der Waals surface area contributed by atoms with Crippen molar-refractivity contribution >= 4 is 42.5 Å². The lowest BCUT2D eigenvalue weighted by Gasteiger charge is -2.32. The number of hydrogen-bond acceptors (Lipinski definition) is 13. The number of carbonyl (C=O) groups excluding carboxylic acids is 1. The maximum absolute atomic E-state index is 13.6. The number of carbonyl (C=O) groups is 1. The van der Waals surface area contributed by atoms with Crippen LogP contribution >= 0.6 is 19.4 Å². The molecule has 0 unspecified atom stereocenters. The molecule has 14 nitrogen and oxygen atoms in total. The van der Waals surface area contributed by atoms with Gasteiger partial charge in [-0.1, -0.05) is 36.6 Å². The molecular weight excluding hydrogens is 617 g/mol. The van der Waals surface area contributed by atoms with E-state index in [2.05, 4.69) is 15.0 Å². The smallest absolute Gasteiger partial charge is 0.475 e. The highest BCUT2D eigenvalue weighted by molar-refractivity contribution is 7.48. The Balaban J connectivity index is 1.27. The predicted molar refractivity (Wildman–Crippen MR) is 157 cm³/mol. The van der Waals surface area contributed by atoms with Crippen LogP contribution in [0.25, 0.3) is 11.2 Å². The normalized spacial score (nSPS) is 31.0. The molecule has 2 aliphatic heterocycles. The second kappa shape index (κ2) is 12.5. The highest BCUT2D eigenvalue weighted by Gasteiger charge is 2.57. The first-order chi connectivity index (χ1) is 21.1. The van der Waals surface area contributed by atoms with E-state index in [9.17, 15) is 14.5 Å². The van der Waals surface area contributed by atoms with E-state index in [4.69, 9.17) is 45.1 Å². The van der Waals surface area contributed by atoms with Crippen LogP contribution in [0.4, 0.5) is 5.95 Å². The number of imidazole rings is 1. The highest BCUT2D eigenvalue weighted by Crippen LogP contribution is 2.57. The lowest BCUT2D eigenvalue weighted by atomic mass is 9.96.